The van der Waals surface area contributed by atoms with Gasteiger partial charge in [-0.05, 0) is 149 Å². The molecular formula is C85H51N5O. The maximum absolute atomic E-state index is 10.3. The van der Waals surface area contributed by atoms with Crippen LogP contribution in [0.3, 0.4) is 0 Å². The lowest BCUT2D eigenvalue weighted by Crippen LogP contribution is -2.08. The molecule has 5 heterocycles. The second kappa shape index (κ2) is 19.8. The van der Waals surface area contributed by atoms with Crippen LogP contribution in [0.4, 0.5) is 0 Å². The summed E-state index contributed by atoms with van der Waals surface area (Å²) in [4.78, 5) is 0. The first-order chi connectivity index (χ1) is 45.1. The zero-order valence-electron chi connectivity index (χ0n) is 49.1. The average molecular weight is 1160 g/mol. The van der Waals surface area contributed by atoms with Gasteiger partial charge in [0.2, 0.25) is 0 Å². The molecule has 91 heavy (non-hydrogen) atoms. The molecule has 0 saturated heterocycles. The molecule has 14 aromatic carbocycles. The number of hydrogen-bond acceptors (Lipinski definition) is 2. The second-order valence-electron chi connectivity index (χ2n) is 23.8. The molecular weight excluding hydrogens is 1110 g/mol. The molecule has 0 aliphatic heterocycles. The lowest BCUT2D eigenvalue weighted by Gasteiger charge is -2.25. The highest BCUT2D eigenvalue weighted by atomic mass is 16.3. The van der Waals surface area contributed by atoms with E-state index < -0.39 is 0 Å². The van der Waals surface area contributed by atoms with Crippen LogP contribution in [0.15, 0.2) is 314 Å². The maximum Gasteiger partial charge on any atom is 0.146 e. The summed E-state index contributed by atoms with van der Waals surface area (Å²) in [6, 6.07) is 114. The minimum Gasteiger partial charge on any atom is -0.455 e. The number of fused-ring (bicyclic) bond motifs is 15. The van der Waals surface area contributed by atoms with Crippen molar-refractivity contribution in [2.45, 2.75) is 0 Å². The predicted molar refractivity (Wildman–Crippen MR) is 378 cm³/mol. The van der Waals surface area contributed by atoms with Gasteiger partial charge in [0, 0.05) is 70.8 Å². The minimum absolute atomic E-state index is 0.582. The van der Waals surface area contributed by atoms with E-state index in [2.05, 4.69) is 322 Å². The Morgan fingerprint density at radius 3 is 1.00 bits per heavy atom. The van der Waals surface area contributed by atoms with Gasteiger partial charge in [-0.3, -0.25) is 0 Å². The summed E-state index contributed by atoms with van der Waals surface area (Å²) in [5.41, 5.74) is 23.8. The molecule has 0 N–H and O–H groups in total. The number of nitrogens with zero attached hydrogens (tertiary/aromatic N) is 5. The number of nitriles is 1. The fourth-order valence-corrected chi connectivity index (χ4v) is 15.0. The average Bonchev–Trinajstić information content (AvgIpc) is 1.58. The smallest absolute Gasteiger partial charge is 0.146 e. The Morgan fingerprint density at radius 1 is 0.253 bits per heavy atom. The highest BCUT2D eigenvalue weighted by Gasteiger charge is 2.32. The van der Waals surface area contributed by atoms with E-state index >= 15 is 0 Å². The van der Waals surface area contributed by atoms with Crippen LogP contribution in [0.2, 0.25) is 0 Å². The molecule has 0 aliphatic rings. The summed E-state index contributed by atoms with van der Waals surface area (Å²) in [7, 11) is 0. The molecule has 6 nitrogen and oxygen atoms in total. The summed E-state index contributed by atoms with van der Waals surface area (Å²) >= 11 is 0. The predicted octanol–water partition coefficient (Wildman–Crippen LogP) is 22.5. The molecule has 0 amide bonds. The van der Waals surface area contributed by atoms with Gasteiger partial charge in [-0.2, -0.15) is 5.26 Å². The molecule has 19 rings (SSSR count). The van der Waals surface area contributed by atoms with Gasteiger partial charge < -0.3 is 22.7 Å². The molecule has 19 aromatic rings. The standard InChI is InChI=1S/C85H51N5O/c86-52-53-36-38-55(39-37-53)81-84(90-74-34-18-13-29-65(74)70-51-59(43-47-78(70)90)57-41-45-76-68(49-57)63-27-11-16-32-72(63)88(76)61-24-8-3-9-25-61)83(80(54-20-4-1-5-21-54)82-66-30-14-19-35-79(66)91-85(81)82)89-73-33-17-12-28-64(73)69-50-58(42-46-77(69)89)56-40-44-75-67(48-56)62-26-10-15-31-71(62)87(75)60-22-6-2-7-23-60/h1-51H. The number of rotatable bonds is 8. The van der Waals surface area contributed by atoms with Crippen molar-refractivity contribution in [2.75, 3.05) is 0 Å². The van der Waals surface area contributed by atoms with Gasteiger partial charge in [-0.1, -0.05) is 194 Å². The maximum atomic E-state index is 10.3. The number of hydrogen-bond donors (Lipinski definition) is 0. The number of aromatic nitrogens is 4. The van der Waals surface area contributed by atoms with E-state index in [1.807, 2.05) is 12.1 Å². The van der Waals surface area contributed by atoms with E-state index in [1.54, 1.807) is 0 Å². The molecule has 422 valence electrons. The van der Waals surface area contributed by atoms with Crippen LogP contribution in [-0.4, -0.2) is 18.3 Å². The summed E-state index contributed by atoms with van der Waals surface area (Å²) in [5, 5.41) is 21.7. The van der Waals surface area contributed by atoms with E-state index in [0.717, 1.165) is 138 Å². The first kappa shape index (κ1) is 50.7. The van der Waals surface area contributed by atoms with Gasteiger partial charge in [-0.25, -0.2) is 0 Å². The molecule has 0 atom stereocenters. The van der Waals surface area contributed by atoms with E-state index in [0.29, 0.717) is 5.56 Å². The lowest BCUT2D eigenvalue weighted by atomic mass is 9.90. The van der Waals surface area contributed by atoms with Crippen molar-refractivity contribution in [1.82, 2.24) is 18.3 Å². The molecule has 0 saturated carbocycles. The molecule has 0 spiro atoms. The van der Waals surface area contributed by atoms with E-state index in [1.165, 1.54) is 38.1 Å². The van der Waals surface area contributed by atoms with Gasteiger partial charge in [0.15, 0.2) is 0 Å². The molecule has 0 fully saturated rings. The Labute approximate surface area is 522 Å². The first-order valence-corrected chi connectivity index (χ1v) is 31.0. The van der Waals surface area contributed by atoms with Crippen LogP contribution < -0.4 is 0 Å². The van der Waals surface area contributed by atoms with Gasteiger partial charge in [0.25, 0.3) is 0 Å². The van der Waals surface area contributed by atoms with Crippen LogP contribution in [0.5, 0.6) is 0 Å². The van der Waals surface area contributed by atoms with Gasteiger partial charge in [0.1, 0.15) is 11.2 Å². The Hall–Kier alpha value is -12.4. The molecule has 0 bridgehead atoms. The zero-order valence-corrected chi connectivity index (χ0v) is 49.1. The zero-order chi connectivity index (χ0) is 59.8. The third-order valence-electron chi connectivity index (χ3n) is 19.0. The van der Waals surface area contributed by atoms with Crippen molar-refractivity contribution in [3.8, 4) is 73.3 Å². The van der Waals surface area contributed by atoms with Crippen LogP contribution >= 0.6 is 0 Å². The fraction of sp³-hybridized carbons (Fsp3) is 0. The van der Waals surface area contributed by atoms with E-state index in [9.17, 15) is 5.26 Å². The highest BCUT2D eigenvalue weighted by Crippen LogP contribution is 2.53. The molecule has 5 aromatic heterocycles. The van der Waals surface area contributed by atoms with E-state index in [-0.39, 0.29) is 0 Å². The summed E-state index contributed by atoms with van der Waals surface area (Å²) in [6.45, 7) is 0. The van der Waals surface area contributed by atoms with Crippen molar-refractivity contribution in [3.63, 3.8) is 0 Å². The minimum atomic E-state index is 0.582. The quantitative estimate of drug-likeness (QED) is 0.152. The third-order valence-corrected chi connectivity index (χ3v) is 19.0. The van der Waals surface area contributed by atoms with Crippen molar-refractivity contribution in [3.05, 3.63) is 315 Å². The SMILES string of the molecule is N#Cc1ccc(-c2c(-n3c4ccccc4c4cc(-c5ccc6c(c5)c5ccccc5n6-c5ccccc5)ccc43)c(-n3c4ccccc4c4cc(-c5ccc6c(c5)c5ccccc5n6-c5ccccc5)ccc43)c(-c3ccccc3)c3c2oc2ccccc23)cc1. The molecule has 0 radical (unpaired) electrons. The van der Waals surface area contributed by atoms with Crippen molar-refractivity contribution < 1.29 is 4.42 Å². The number of furan rings is 1. The monoisotopic (exact) mass is 1160 g/mol. The van der Waals surface area contributed by atoms with Crippen LogP contribution in [0.25, 0.3) is 176 Å². The van der Waals surface area contributed by atoms with Crippen LogP contribution in [-0.2, 0) is 0 Å². The highest BCUT2D eigenvalue weighted by molar-refractivity contribution is 6.24. The Balaban J connectivity index is 0.917. The largest absolute Gasteiger partial charge is 0.455 e. The normalized spacial score (nSPS) is 11.9. The first-order valence-electron chi connectivity index (χ1n) is 31.0. The van der Waals surface area contributed by atoms with Gasteiger partial charge in [-0.15, -0.1) is 0 Å². The summed E-state index contributed by atoms with van der Waals surface area (Å²) in [5.74, 6) is 0. The summed E-state index contributed by atoms with van der Waals surface area (Å²) < 4.78 is 17.2. The van der Waals surface area contributed by atoms with Gasteiger partial charge in [0.05, 0.1) is 72.7 Å². The van der Waals surface area contributed by atoms with Crippen molar-refractivity contribution in [2.24, 2.45) is 0 Å². The molecule has 0 unspecified atom stereocenters. The van der Waals surface area contributed by atoms with E-state index in [4.69, 9.17) is 4.42 Å². The molecule has 0 aliphatic carbocycles. The molecule has 6 heteroatoms. The number of para-hydroxylation sites is 7. The Bertz CT molecular complexity index is 6250. The fourth-order valence-electron chi connectivity index (χ4n) is 15.0. The topological polar surface area (TPSA) is 56.6 Å². The lowest BCUT2D eigenvalue weighted by molar-refractivity contribution is 0.669. The van der Waals surface area contributed by atoms with Crippen molar-refractivity contribution >= 4 is 109 Å². The van der Waals surface area contributed by atoms with Crippen LogP contribution in [0, 0.1) is 11.3 Å². The van der Waals surface area contributed by atoms with Crippen molar-refractivity contribution in [1.29, 1.82) is 5.26 Å². The second-order valence-corrected chi connectivity index (χ2v) is 23.8. The Kier molecular flexibility index (Phi) is 11.0. The number of benzene rings is 14. The summed E-state index contributed by atoms with van der Waals surface area (Å²) in [6.07, 6.45) is 0. The van der Waals surface area contributed by atoms with Crippen LogP contribution in [0.1, 0.15) is 5.56 Å². The Morgan fingerprint density at radius 2 is 0.571 bits per heavy atom. The van der Waals surface area contributed by atoms with Gasteiger partial charge >= 0.3 is 0 Å². The third kappa shape index (κ3) is 7.53.